The van der Waals surface area contributed by atoms with Crippen LogP contribution in [0.15, 0.2) is 24.7 Å². The van der Waals surface area contributed by atoms with E-state index in [1.165, 1.54) is 18.7 Å². The molecule has 4 rings (SSSR count). The van der Waals surface area contributed by atoms with Gasteiger partial charge < -0.3 is 4.57 Å². The number of nitrogens with zero attached hydrogens (tertiary/aromatic N) is 5. The van der Waals surface area contributed by atoms with Crippen molar-refractivity contribution in [1.82, 2.24) is 23.9 Å². The second-order valence-corrected chi connectivity index (χ2v) is 4.58. The first kappa shape index (κ1) is 9.82. The van der Waals surface area contributed by atoms with E-state index in [4.69, 9.17) is 0 Å². The molecule has 0 N–H and O–H groups in total. The first-order valence-corrected chi connectivity index (χ1v) is 6.18. The minimum absolute atomic E-state index is 0.665. The van der Waals surface area contributed by atoms with Crippen LogP contribution in [0.1, 0.15) is 18.7 Å². The third kappa shape index (κ3) is 1.44. The van der Waals surface area contributed by atoms with Crippen LogP contribution < -0.4 is 0 Å². The molecule has 0 aromatic carbocycles. The van der Waals surface area contributed by atoms with E-state index >= 15 is 0 Å². The lowest BCUT2D eigenvalue weighted by atomic mass is 10.2. The predicted octanol–water partition coefficient (Wildman–Crippen LogP) is 1.73. The summed E-state index contributed by atoms with van der Waals surface area (Å²) in [4.78, 5) is 13.2. The Morgan fingerprint density at radius 3 is 3.11 bits per heavy atom. The summed E-state index contributed by atoms with van der Waals surface area (Å²) in [6, 6.07) is 1.97. The quantitative estimate of drug-likeness (QED) is 0.648. The van der Waals surface area contributed by atoms with E-state index in [9.17, 15) is 0 Å². The fourth-order valence-electron chi connectivity index (χ4n) is 2.43. The molecule has 0 saturated carbocycles. The van der Waals surface area contributed by atoms with Gasteiger partial charge in [-0.2, -0.15) is 0 Å². The number of hydrogen-bond donors (Lipinski definition) is 0. The van der Waals surface area contributed by atoms with Crippen LogP contribution >= 0.6 is 0 Å². The highest BCUT2D eigenvalue weighted by Gasteiger charge is 2.14. The number of imidazole rings is 2. The summed E-state index contributed by atoms with van der Waals surface area (Å²) >= 11 is 0. The van der Waals surface area contributed by atoms with Crippen LogP contribution in [0.25, 0.3) is 17.2 Å². The lowest BCUT2D eigenvalue weighted by Gasteiger charge is -2.11. The van der Waals surface area contributed by atoms with Crippen molar-refractivity contribution in [2.45, 2.75) is 25.8 Å². The van der Waals surface area contributed by atoms with Gasteiger partial charge in [0.1, 0.15) is 17.7 Å². The Labute approximate surface area is 104 Å². The van der Waals surface area contributed by atoms with E-state index in [-0.39, 0.29) is 0 Å². The second-order valence-electron chi connectivity index (χ2n) is 4.58. The van der Waals surface area contributed by atoms with E-state index in [2.05, 4.69) is 31.9 Å². The molecule has 1 radical (unpaired) electrons. The lowest BCUT2D eigenvalue weighted by molar-refractivity contribution is 0.522. The van der Waals surface area contributed by atoms with Gasteiger partial charge in [0.15, 0.2) is 0 Å². The van der Waals surface area contributed by atoms with Crippen molar-refractivity contribution in [2.75, 3.05) is 0 Å². The fraction of sp³-hybridized carbons (Fsp3) is 0.308. The number of hydrogen-bond acceptors (Lipinski definition) is 3. The molecule has 0 bridgehead atoms. The monoisotopic (exact) mass is 238 g/mol. The van der Waals surface area contributed by atoms with Gasteiger partial charge in [0, 0.05) is 31.6 Å². The van der Waals surface area contributed by atoms with Crippen molar-refractivity contribution < 1.29 is 0 Å². The zero-order valence-corrected chi connectivity index (χ0v) is 9.87. The molecule has 89 valence electrons. The number of rotatable bonds is 1. The smallest absolute Gasteiger partial charge is 0.234 e. The third-order valence-corrected chi connectivity index (χ3v) is 3.38. The van der Waals surface area contributed by atoms with Gasteiger partial charge in [-0.15, -0.1) is 0 Å². The molecular formula is C13H12N5. The molecule has 5 heteroatoms. The SMILES string of the molecule is [c]1cn2ccc(-c3cn4c(n3)CCCC4)nc2n1. The molecule has 4 heterocycles. The Morgan fingerprint density at radius 1 is 1.17 bits per heavy atom. The summed E-state index contributed by atoms with van der Waals surface area (Å²) < 4.78 is 4.09. The van der Waals surface area contributed by atoms with Crippen molar-refractivity contribution in [3.63, 3.8) is 0 Å². The summed E-state index contributed by atoms with van der Waals surface area (Å²) in [5.74, 6) is 1.84. The van der Waals surface area contributed by atoms with Gasteiger partial charge in [0.05, 0.1) is 5.69 Å². The van der Waals surface area contributed by atoms with Gasteiger partial charge in [-0.3, -0.25) is 4.40 Å². The van der Waals surface area contributed by atoms with E-state index < -0.39 is 0 Å². The summed E-state index contributed by atoms with van der Waals surface area (Å²) in [6.07, 6.45) is 12.1. The van der Waals surface area contributed by atoms with Gasteiger partial charge in [-0.05, 0) is 18.9 Å². The Kier molecular flexibility index (Phi) is 2.00. The van der Waals surface area contributed by atoms with Crippen LogP contribution in [0.3, 0.4) is 0 Å². The molecule has 0 aliphatic carbocycles. The number of aromatic nitrogens is 5. The average Bonchev–Trinajstić information content (AvgIpc) is 3.04. The molecule has 0 saturated heterocycles. The maximum atomic E-state index is 4.67. The maximum Gasteiger partial charge on any atom is 0.234 e. The molecule has 3 aromatic rings. The largest absolute Gasteiger partial charge is 0.334 e. The summed E-state index contributed by atoms with van der Waals surface area (Å²) in [7, 11) is 0. The number of fused-ring (bicyclic) bond motifs is 2. The standard InChI is InChI=1S/C13H12N5/c1-2-6-18-9-11(15-12(18)3-1)10-4-7-17-8-5-14-13(17)16-10/h4,7-9H,1-3,6H2. The van der Waals surface area contributed by atoms with Crippen molar-refractivity contribution in [1.29, 1.82) is 0 Å². The fourth-order valence-corrected chi connectivity index (χ4v) is 2.43. The van der Waals surface area contributed by atoms with E-state index in [1.807, 2.05) is 16.7 Å². The Hall–Kier alpha value is -2.17. The highest BCUT2D eigenvalue weighted by Crippen LogP contribution is 2.21. The Balaban J connectivity index is 1.83. The van der Waals surface area contributed by atoms with Gasteiger partial charge in [0.25, 0.3) is 0 Å². The molecule has 5 nitrogen and oxygen atoms in total. The van der Waals surface area contributed by atoms with Crippen molar-refractivity contribution in [2.24, 2.45) is 0 Å². The Morgan fingerprint density at radius 2 is 2.17 bits per heavy atom. The van der Waals surface area contributed by atoms with Crippen LogP contribution in [0.4, 0.5) is 0 Å². The third-order valence-electron chi connectivity index (χ3n) is 3.38. The van der Waals surface area contributed by atoms with Crippen LogP contribution in [0.5, 0.6) is 0 Å². The van der Waals surface area contributed by atoms with Crippen molar-refractivity contribution in [3.8, 4) is 11.4 Å². The van der Waals surface area contributed by atoms with Crippen molar-refractivity contribution >= 4 is 5.78 Å². The zero-order chi connectivity index (χ0) is 11.9. The normalized spacial score (nSPS) is 14.9. The first-order chi connectivity index (χ1) is 8.90. The topological polar surface area (TPSA) is 48.0 Å². The molecule has 3 aromatic heterocycles. The molecule has 0 unspecified atom stereocenters. The average molecular weight is 238 g/mol. The van der Waals surface area contributed by atoms with Crippen LogP contribution in [0, 0.1) is 6.20 Å². The first-order valence-electron chi connectivity index (χ1n) is 6.18. The summed E-state index contributed by atoms with van der Waals surface area (Å²) in [6.45, 7) is 1.07. The zero-order valence-electron chi connectivity index (χ0n) is 9.87. The lowest BCUT2D eigenvalue weighted by Crippen LogP contribution is -2.08. The van der Waals surface area contributed by atoms with Gasteiger partial charge in [0.2, 0.25) is 5.78 Å². The summed E-state index contributed by atoms with van der Waals surface area (Å²) in [5.41, 5.74) is 1.82. The second kappa shape index (κ2) is 3.66. The maximum absolute atomic E-state index is 4.67. The molecule has 0 amide bonds. The minimum Gasteiger partial charge on any atom is -0.334 e. The van der Waals surface area contributed by atoms with E-state index in [1.54, 1.807) is 6.20 Å². The van der Waals surface area contributed by atoms with E-state index in [0.717, 1.165) is 24.4 Å². The molecule has 0 spiro atoms. The molecule has 0 atom stereocenters. The molecule has 1 aliphatic heterocycles. The van der Waals surface area contributed by atoms with Crippen LogP contribution in [0.2, 0.25) is 0 Å². The van der Waals surface area contributed by atoms with Crippen LogP contribution in [-0.2, 0) is 13.0 Å². The molecular weight excluding hydrogens is 226 g/mol. The summed E-state index contributed by atoms with van der Waals surface area (Å²) in [5, 5.41) is 0. The highest BCUT2D eigenvalue weighted by atomic mass is 15.1. The van der Waals surface area contributed by atoms with Crippen LogP contribution in [-0.4, -0.2) is 23.9 Å². The minimum atomic E-state index is 0.665. The molecule has 0 fully saturated rings. The van der Waals surface area contributed by atoms with Gasteiger partial charge in [-0.25, -0.2) is 15.0 Å². The van der Waals surface area contributed by atoms with Crippen molar-refractivity contribution in [3.05, 3.63) is 36.7 Å². The van der Waals surface area contributed by atoms with Gasteiger partial charge >= 0.3 is 0 Å². The highest BCUT2D eigenvalue weighted by molar-refractivity contribution is 5.55. The predicted molar refractivity (Wildman–Crippen MR) is 66.0 cm³/mol. The Bertz CT molecular complexity index is 686. The molecule has 1 aliphatic rings. The molecule has 18 heavy (non-hydrogen) atoms. The van der Waals surface area contributed by atoms with E-state index in [0.29, 0.717) is 5.78 Å². The number of aryl methyl sites for hydroxylation is 2. The van der Waals surface area contributed by atoms with Gasteiger partial charge in [-0.1, -0.05) is 0 Å².